The molecule has 0 aliphatic carbocycles. The van der Waals surface area contributed by atoms with Crippen molar-refractivity contribution < 1.29 is 9.47 Å². The Kier molecular flexibility index (Phi) is 5.04. The lowest BCUT2D eigenvalue weighted by Crippen LogP contribution is -2.37. The maximum Gasteiger partial charge on any atom is 0.350 e. The molecule has 2 heterocycles. The van der Waals surface area contributed by atoms with Crippen LogP contribution >= 0.6 is 0 Å². The fraction of sp³-hybridized carbons (Fsp3) is 0.360. The van der Waals surface area contributed by atoms with E-state index in [9.17, 15) is 4.79 Å². The van der Waals surface area contributed by atoms with Gasteiger partial charge in [-0.1, -0.05) is 31.5 Å². The number of fused-ring (bicyclic) bond motifs is 3. The van der Waals surface area contributed by atoms with E-state index in [0.717, 1.165) is 33.6 Å². The Morgan fingerprint density at radius 2 is 1.58 bits per heavy atom. The summed E-state index contributed by atoms with van der Waals surface area (Å²) in [7, 11) is 3.25. The Morgan fingerprint density at radius 3 is 2.19 bits per heavy atom. The molecular weight excluding hydrogens is 390 g/mol. The van der Waals surface area contributed by atoms with E-state index in [1.54, 1.807) is 18.8 Å². The molecule has 4 rings (SSSR count). The van der Waals surface area contributed by atoms with Crippen molar-refractivity contribution >= 4 is 11.5 Å². The smallest absolute Gasteiger partial charge is 0.350 e. The van der Waals surface area contributed by atoms with Crippen LogP contribution in [0.5, 0.6) is 11.5 Å². The largest absolute Gasteiger partial charge is 0.493 e. The van der Waals surface area contributed by atoms with Gasteiger partial charge in [-0.3, -0.25) is 4.57 Å². The Bertz CT molecular complexity index is 1220. The highest BCUT2D eigenvalue weighted by atomic mass is 16.5. The van der Waals surface area contributed by atoms with Crippen molar-refractivity contribution in [2.24, 2.45) is 0 Å². The van der Waals surface area contributed by atoms with E-state index >= 15 is 0 Å². The highest BCUT2D eigenvalue weighted by Gasteiger charge is 2.33. The third-order valence-corrected chi connectivity index (χ3v) is 6.02. The van der Waals surface area contributed by atoms with Crippen molar-refractivity contribution in [3.8, 4) is 22.8 Å². The second-order valence-electron chi connectivity index (χ2n) is 8.93. The average Bonchev–Trinajstić information content (AvgIpc) is 2.70. The van der Waals surface area contributed by atoms with Crippen LogP contribution in [0.1, 0.15) is 36.1 Å². The number of anilines is 2. The maximum absolute atomic E-state index is 13.0. The van der Waals surface area contributed by atoms with E-state index in [1.807, 2.05) is 18.2 Å². The van der Waals surface area contributed by atoms with E-state index in [2.05, 4.69) is 57.1 Å². The summed E-state index contributed by atoms with van der Waals surface area (Å²) in [6, 6.07) is 10.2. The SMILES string of the molecule is COc1cc2c(cc1OC)C(C)(C)Cn1c-2cc(Nc2c(C)cc(C)cc2C)nc1=O. The number of aromatic nitrogens is 2. The summed E-state index contributed by atoms with van der Waals surface area (Å²) >= 11 is 0. The minimum absolute atomic E-state index is 0.257. The summed E-state index contributed by atoms with van der Waals surface area (Å²) < 4.78 is 12.8. The molecule has 31 heavy (non-hydrogen) atoms. The van der Waals surface area contributed by atoms with Gasteiger partial charge in [0.15, 0.2) is 11.5 Å². The van der Waals surface area contributed by atoms with Crippen molar-refractivity contribution in [2.75, 3.05) is 19.5 Å². The van der Waals surface area contributed by atoms with Crippen LogP contribution in [-0.4, -0.2) is 23.8 Å². The minimum Gasteiger partial charge on any atom is -0.493 e. The van der Waals surface area contributed by atoms with Gasteiger partial charge in [0.2, 0.25) is 0 Å². The predicted octanol–water partition coefficient (Wildman–Crippen LogP) is 4.89. The first-order chi connectivity index (χ1) is 14.6. The third kappa shape index (κ3) is 3.56. The molecule has 0 radical (unpaired) electrons. The molecule has 0 spiro atoms. The Labute approximate surface area is 182 Å². The Hall–Kier alpha value is -3.28. The number of rotatable bonds is 4. The zero-order valence-corrected chi connectivity index (χ0v) is 19.2. The summed E-state index contributed by atoms with van der Waals surface area (Å²) in [5.41, 5.74) is 6.78. The molecule has 0 atom stereocenters. The highest BCUT2D eigenvalue weighted by Crippen LogP contribution is 2.44. The average molecular weight is 420 g/mol. The first-order valence-corrected chi connectivity index (χ1v) is 10.4. The fourth-order valence-corrected chi connectivity index (χ4v) is 4.58. The number of ether oxygens (including phenoxy) is 2. The van der Waals surface area contributed by atoms with E-state index in [0.29, 0.717) is 23.9 Å². The predicted molar refractivity (Wildman–Crippen MR) is 124 cm³/mol. The monoisotopic (exact) mass is 419 g/mol. The molecule has 3 aromatic rings. The van der Waals surface area contributed by atoms with Crippen LogP contribution in [0.25, 0.3) is 11.3 Å². The van der Waals surface area contributed by atoms with Crippen LogP contribution in [0.15, 0.2) is 35.1 Å². The zero-order chi connectivity index (χ0) is 22.5. The van der Waals surface area contributed by atoms with Gasteiger partial charge in [-0.05, 0) is 49.6 Å². The molecule has 0 fully saturated rings. The van der Waals surface area contributed by atoms with Crippen LogP contribution in [0.2, 0.25) is 0 Å². The maximum atomic E-state index is 13.0. The topological polar surface area (TPSA) is 65.4 Å². The second kappa shape index (κ2) is 7.45. The molecule has 6 nitrogen and oxygen atoms in total. The molecule has 1 aromatic heterocycles. The van der Waals surface area contributed by atoms with Gasteiger partial charge in [0.1, 0.15) is 5.82 Å². The summed E-state index contributed by atoms with van der Waals surface area (Å²) in [6.07, 6.45) is 0. The van der Waals surface area contributed by atoms with Gasteiger partial charge >= 0.3 is 5.69 Å². The van der Waals surface area contributed by atoms with Crippen LogP contribution < -0.4 is 20.5 Å². The lowest BCUT2D eigenvalue weighted by Gasteiger charge is -2.35. The lowest BCUT2D eigenvalue weighted by atomic mass is 9.78. The minimum atomic E-state index is -0.268. The summed E-state index contributed by atoms with van der Waals surface area (Å²) in [5, 5.41) is 3.38. The molecule has 6 heteroatoms. The molecule has 0 unspecified atom stereocenters. The zero-order valence-electron chi connectivity index (χ0n) is 19.2. The van der Waals surface area contributed by atoms with Crippen molar-refractivity contribution in [2.45, 2.75) is 46.6 Å². The number of nitrogens with zero attached hydrogens (tertiary/aromatic N) is 2. The quantitative estimate of drug-likeness (QED) is 0.652. The first kappa shape index (κ1) is 21.0. The second-order valence-corrected chi connectivity index (χ2v) is 8.93. The van der Waals surface area contributed by atoms with Crippen molar-refractivity contribution in [3.05, 3.63) is 63.1 Å². The molecule has 1 N–H and O–H groups in total. The normalized spacial score (nSPS) is 13.9. The van der Waals surface area contributed by atoms with Crippen LogP contribution in [0.4, 0.5) is 11.5 Å². The Morgan fingerprint density at radius 1 is 0.968 bits per heavy atom. The molecule has 0 saturated carbocycles. The third-order valence-electron chi connectivity index (χ3n) is 6.02. The van der Waals surface area contributed by atoms with Crippen molar-refractivity contribution in [1.29, 1.82) is 0 Å². The van der Waals surface area contributed by atoms with Gasteiger partial charge in [-0.25, -0.2) is 4.79 Å². The first-order valence-electron chi connectivity index (χ1n) is 10.4. The lowest BCUT2D eigenvalue weighted by molar-refractivity contribution is 0.350. The van der Waals surface area contributed by atoms with Crippen LogP contribution in [-0.2, 0) is 12.0 Å². The van der Waals surface area contributed by atoms with Gasteiger partial charge in [0.05, 0.1) is 19.9 Å². The number of aryl methyl sites for hydroxylation is 3. The molecule has 2 aromatic carbocycles. The van der Waals surface area contributed by atoms with Gasteiger partial charge in [0.25, 0.3) is 0 Å². The molecule has 0 bridgehead atoms. The number of methoxy groups -OCH3 is 2. The molecular formula is C25H29N3O3. The molecule has 0 saturated heterocycles. The van der Waals surface area contributed by atoms with Gasteiger partial charge in [0, 0.05) is 29.3 Å². The van der Waals surface area contributed by atoms with Gasteiger partial charge in [-0.15, -0.1) is 0 Å². The van der Waals surface area contributed by atoms with Crippen LogP contribution in [0, 0.1) is 20.8 Å². The summed E-state index contributed by atoms with van der Waals surface area (Å²) in [6.45, 7) is 11.0. The van der Waals surface area contributed by atoms with Gasteiger partial charge < -0.3 is 14.8 Å². The Balaban J connectivity index is 1.90. The summed E-state index contributed by atoms with van der Waals surface area (Å²) in [4.78, 5) is 17.4. The number of hydrogen-bond donors (Lipinski definition) is 1. The standard InChI is InChI=1S/C25H29N3O3/c1-14-8-15(2)23(16(3)9-14)26-22-12-19-17-10-20(30-6)21(31-7)11-18(17)25(4,5)13-28(19)24(29)27-22/h8-12H,13H2,1-7H3,(H,26,27,29). The molecule has 162 valence electrons. The molecule has 1 aliphatic rings. The number of hydrogen-bond acceptors (Lipinski definition) is 5. The fourth-order valence-electron chi connectivity index (χ4n) is 4.58. The van der Waals surface area contributed by atoms with E-state index < -0.39 is 0 Å². The summed E-state index contributed by atoms with van der Waals surface area (Å²) in [5.74, 6) is 1.85. The molecule has 1 aliphatic heterocycles. The number of benzene rings is 2. The highest BCUT2D eigenvalue weighted by molar-refractivity contribution is 5.75. The van der Waals surface area contributed by atoms with Gasteiger partial charge in [-0.2, -0.15) is 4.98 Å². The van der Waals surface area contributed by atoms with E-state index in [1.165, 1.54) is 5.56 Å². The van der Waals surface area contributed by atoms with Crippen molar-refractivity contribution in [3.63, 3.8) is 0 Å². The number of nitrogens with one attached hydrogen (secondary N) is 1. The van der Waals surface area contributed by atoms with E-state index in [-0.39, 0.29) is 11.1 Å². The van der Waals surface area contributed by atoms with Crippen LogP contribution in [0.3, 0.4) is 0 Å². The van der Waals surface area contributed by atoms with Crippen molar-refractivity contribution in [1.82, 2.24) is 9.55 Å². The molecule has 0 amide bonds. The van der Waals surface area contributed by atoms with E-state index in [4.69, 9.17) is 9.47 Å².